The zero-order chi connectivity index (χ0) is 11.1. The van der Waals surface area contributed by atoms with E-state index in [4.69, 9.17) is 0 Å². The Hall–Kier alpha value is -0.860. The number of hydrogen-bond donors (Lipinski definition) is 1. The van der Waals surface area contributed by atoms with Crippen molar-refractivity contribution in [1.29, 1.82) is 0 Å². The molecule has 0 bridgehead atoms. The summed E-state index contributed by atoms with van der Waals surface area (Å²) in [4.78, 5) is 0. The highest BCUT2D eigenvalue weighted by Gasteiger charge is 2.10. The molecule has 3 nitrogen and oxygen atoms in total. The molecular weight excluding hydrogens is 186 g/mol. The van der Waals surface area contributed by atoms with E-state index in [0.717, 1.165) is 12.8 Å². The highest BCUT2D eigenvalue weighted by molar-refractivity contribution is 5.09. The highest BCUT2D eigenvalue weighted by Crippen LogP contribution is 2.13. The number of unbranched alkanes of at least 4 members (excludes halogenated alkanes) is 2. The molecule has 1 heterocycles. The second-order valence-electron chi connectivity index (χ2n) is 4.39. The third-order valence-electron chi connectivity index (χ3n) is 2.96. The van der Waals surface area contributed by atoms with Crippen molar-refractivity contribution in [2.45, 2.75) is 59.3 Å². The van der Waals surface area contributed by atoms with Crippen molar-refractivity contribution in [3.8, 4) is 0 Å². The lowest BCUT2D eigenvalue weighted by atomic mass is 10.0. The van der Waals surface area contributed by atoms with Crippen LogP contribution in [0.15, 0.2) is 0 Å². The van der Waals surface area contributed by atoms with Crippen LogP contribution in [0.5, 0.6) is 0 Å². The van der Waals surface area contributed by atoms with Crippen molar-refractivity contribution in [3.05, 3.63) is 11.4 Å². The van der Waals surface area contributed by atoms with Crippen molar-refractivity contribution in [2.24, 2.45) is 5.92 Å². The monoisotopic (exact) mass is 209 g/mol. The highest BCUT2D eigenvalue weighted by atomic mass is 15.3. The van der Waals surface area contributed by atoms with Crippen LogP contribution in [0.1, 0.15) is 57.8 Å². The summed E-state index contributed by atoms with van der Waals surface area (Å²) in [5.41, 5.74) is 2.37. The molecule has 0 aliphatic carbocycles. The fourth-order valence-electron chi connectivity index (χ4n) is 1.66. The normalized spacial score (nSPS) is 13.0. The van der Waals surface area contributed by atoms with Crippen molar-refractivity contribution < 1.29 is 0 Å². The van der Waals surface area contributed by atoms with Gasteiger partial charge in [-0.2, -0.15) is 15.4 Å². The molecule has 1 atom stereocenters. The molecular formula is C12H23N3. The third kappa shape index (κ3) is 4.02. The van der Waals surface area contributed by atoms with E-state index >= 15 is 0 Å². The Morgan fingerprint density at radius 3 is 2.53 bits per heavy atom. The van der Waals surface area contributed by atoms with Crippen molar-refractivity contribution in [3.63, 3.8) is 0 Å². The number of hydrogen-bond acceptors (Lipinski definition) is 2. The van der Waals surface area contributed by atoms with Crippen LogP contribution in [0.3, 0.4) is 0 Å². The van der Waals surface area contributed by atoms with E-state index in [0.29, 0.717) is 5.92 Å². The summed E-state index contributed by atoms with van der Waals surface area (Å²) in [6.45, 7) is 6.72. The number of nitrogens with one attached hydrogen (secondary N) is 1. The summed E-state index contributed by atoms with van der Waals surface area (Å²) in [6, 6.07) is 0. The minimum Gasteiger partial charge on any atom is -0.197 e. The molecule has 1 rings (SSSR count). The van der Waals surface area contributed by atoms with Gasteiger partial charge >= 0.3 is 0 Å². The number of rotatable bonds is 7. The largest absolute Gasteiger partial charge is 0.197 e. The van der Waals surface area contributed by atoms with Gasteiger partial charge in [0.15, 0.2) is 0 Å². The summed E-state index contributed by atoms with van der Waals surface area (Å²) >= 11 is 0. The summed E-state index contributed by atoms with van der Waals surface area (Å²) in [5, 5.41) is 11.2. The predicted octanol–water partition coefficient (Wildman–Crippen LogP) is 3.13. The maximum Gasteiger partial charge on any atom is 0.0859 e. The van der Waals surface area contributed by atoms with E-state index < -0.39 is 0 Å². The van der Waals surface area contributed by atoms with Crippen molar-refractivity contribution in [2.75, 3.05) is 0 Å². The first-order chi connectivity index (χ1) is 7.27. The smallest absolute Gasteiger partial charge is 0.0859 e. The first kappa shape index (κ1) is 12.2. The zero-order valence-corrected chi connectivity index (χ0v) is 10.2. The van der Waals surface area contributed by atoms with Crippen LogP contribution in [0.4, 0.5) is 0 Å². The van der Waals surface area contributed by atoms with Gasteiger partial charge in [-0.15, -0.1) is 0 Å². The second-order valence-corrected chi connectivity index (χ2v) is 4.39. The zero-order valence-electron chi connectivity index (χ0n) is 10.2. The lowest BCUT2D eigenvalue weighted by Crippen LogP contribution is -2.01. The van der Waals surface area contributed by atoms with Crippen LogP contribution in [0.25, 0.3) is 0 Å². The average Bonchev–Trinajstić information content (AvgIpc) is 2.66. The molecule has 15 heavy (non-hydrogen) atoms. The van der Waals surface area contributed by atoms with Crippen molar-refractivity contribution >= 4 is 0 Å². The van der Waals surface area contributed by atoms with E-state index in [1.54, 1.807) is 0 Å². The molecule has 0 spiro atoms. The van der Waals surface area contributed by atoms with E-state index in [2.05, 4.69) is 36.2 Å². The molecule has 0 aliphatic heterocycles. The van der Waals surface area contributed by atoms with E-state index in [9.17, 15) is 0 Å². The van der Waals surface area contributed by atoms with E-state index in [1.165, 1.54) is 37.1 Å². The van der Waals surface area contributed by atoms with Gasteiger partial charge in [0.05, 0.1) is 11.4 Å². The molecule has 3 heteroatoms. The standard InChI is InChI=1S/C12H23N3/c1-4-6-7-8-11-12(14-15-13-11)9-10(3)5-2/h10H,4-9H2,1-3H3,(H,13,14,15). The summed E-state index contributed by atoms with van der Waals surface area (Å²) in [7, 11) is 0. The molecule has 1 unspecified atom stereocenters. The quantitative estimate of drug-likeness (QED) is 0.701. The Morgan fingerprint density at radius 1 is 1.13 bits per heavy atom. The lowest BCUT2D eigenvalue weighted by molar-refractivity contribution is 0.548. The van der Waals surface area contributed by atoms with Crippen LogP contribution in [-0.4, -0.2) is 15.4 Å². The van der Waals surface area contributed by atoms with Crippen LogP contribution < -0.4 is 0 Å². The Kier molecular flexibility index (Phi) is 5.37. The van der Waals surface area contributed by atoms with Crippen LogP contribution >= 0.6 is 0 Å². The van der Waals surface area contributed by atoms with Gasteiger partial charge in [-0.25, -0.2) is 0 Å². The van der Waals surface area contributed by atoms with Crippen LogP contribution in [0.2, 0.25) is 0 Å². The van der Waals surface area contributed by atoms with Gasteiger partial charge in [0.2, 0.25) is 0 Å². The average molecular weight is 209 g/mol. The Bertz CT molecular complexity index is 268. The minimum atomic E-state index is 0.708. The number of aromatic nitrogens is 3. The van der Waals surface area contributed by atoms with Gasteiger partial charge in [0.1, 0.15) is 0 Å². The van der Waals surface area contributed by atoms with E-state index in [1.807, 2.05) is 0 Å². The minimum absolute atomic E-state index is 0.708. The summed E-state index contributed by atoms with van der Waals surface area (Å²) < 4.78 is 0. The Balaban J connectivity index is 2.45. The second kappa shape index (κ2) is 6.59. The van der Waals surface area contributed by atoms with Gasteiger partial charge in [0.25, 0.3) is 0 Å². The van der Waals surface area contributed by atoms with Gasteiger partial charge in [-0.3, -0.25) is 0 Å². The summed E-state index contributed by atoms with van der Waals surface area (Å²) in [6.07, 6.45) is 7.14. The lowest BCUT2D eigenvalue weighted by Gasteiger charge is -2.06. The predicted molar refractivity (Wildman–Crippen MR) is 62.8 cm³/mol. The molecule has 0 fully saturated rings. The molecule has 86 valence electrons. The number of H-pyrrole nitrogens is 1. The van der Waals surface area contributed by atoms with E-state index in [-0.39, 0.29) is 0 Å². The number of nitrogens with zero attached hydrogens (tertiary/aromatic N) is 2. The SMILES string of the molecule is CCCCCc1n[nH]nc1CC(C)CC. The topological polar surface area (TPSA) is 41.6 Å². The molecule has 0 saturated heterocycles. The van der Waals surface area contributed by atoms with Crippen LogP contribution in [-0.2, 0) is 12.8 Å². The number of aromatic amines is 1. The van der Waals surface area contributed by atoms with Gasteiger partial charge in [0, 0.05) is 0 Å². The Labute approximate surface area is 92.7 Å². The molecule has 0 aromatic carbocycles. The van der Waals surface area contributed by atoms with Crippen molar-refractivity contribution in [1.82, 2.24) is 15.4 Å². The Morgan fingerprint density at radius 2 is 1.87 bits per heavy atom. The molecule has 0 saturated carbocycles. The molecule has 1 N–H and O–H groups in total. The first-order valence-electron chi connectivity index (χ1n) is 6.16. The molecule has 0 radical (unpaired) electrons. The molecule has 0 amide bonds. The molecule has 1 aromatic rings. The number of aryl methyl sites for hydroxylation is 1. The maximum absolute atomic E-state index is 4.25. The molecule has 0 aliphatic rings. The van der Waals surface area contributed by atoms with Gasteiger partial charge in [-0.1, -0.05) is 40.0 Å². The first-order valence-corrected chi connectivity index (χ1v) is 6.16. The van der Waals surface area contributed by atoms with Gasteiger partial charge < -0.3 is 0 Å². The van der Waals surface area contributed by atoms with Crippen LogP contribution in [0, 0.1) is 5.92 Å². The summed E-state index contributed by atoms with van der Waals surface area (Å²) in [5.74, 6) is 0.708. The maximum atomic E-state index is 4.25. The fraction of sp³-hybridized carbons (Fsp3) is 0.833. The molecule has 1 aromatic heterocycles. The van der Waals surface area contributed by atoms with Gasteiger partial charge in [-0.05, 0) is 25.2 Å². The third-order valence-corrected chi connectivity index (χ3v) is 2.96. The fourth-order valence-corrected chi connectivity index (χ4v) is 1.66.